The number of methoxy groups -OCH3 is 1. The van der Waals surface area contributed by atoms with Crippen molar-refractivity contribution < 1.29 is 38.3 Å². The number of nitrogens with zero attached hydrogens (tertiary/aromatic N) is 2. The Balaban J connectivity index is 1.42. The standard InChI is InChI=1S/C40H59N5O8/c1-8-13-29(33(47)37(49)41-28-16-17-28)42-36(48)31-22-40(21-30(44-53-40)27-18-24(3)34(52-9-2)25(4)19-27)23-45(31)38(50)35(39(5,6)51-7)43-32(46)20-26-14-11-10-12-15-26/h18-19,26,28-29,31,35H,8-17,20-23H2,1-7H3,(H,41,49)(H,42,48)(H,43,46)/t29-,31-,35+,40+/m0/s1. The molecule has 3 fully saturated rings. The Bertz CT molecular complexity index is 1560. The van der Waals surface area contributed by atoms with Gasteiger partial charge in [0, 0.05) is 38.0 Å². The smallest absolute Gasteiger partial charge is 0.289 e. The van der Waals surface area contributed by atoms with Gasteiger partial charge in [0.2, 0.25) is 23.5 Å². The van der Waals surface area contributed by atoms with E-state index in [4.69, 9.17) is 14.3 Å². The summed E-state index contributed by atoms with van der Waals surface area (Å²) in [7, 11) is 1.48. The highest BCUT2D eigenvalue weighted by Gasteiger charge is 2.56. The molecule has 1 spiro atoms. The van der Waals surface area contributed by atoms with Gasteiger partial charge in [0.25, 0.3) is 5.91 Å². The monoisotopic (exact) mass is 737 g/mol. The van der Waals surface area contributed by atoms with Crippen LogP contribution in [-0.2, 0) is 33.5 Å². The molecule has 0 aromatic heterocycles. The van der Waals surface area contributed by atoms with E-state index in [0.717, 1.165) is 67.4 Å². The van der Waals surface area contributed by atoms with E-state index in [1.807, 2.05) is 39.8 Å². The zero-order valence-electron chi connectivity index (χ0n) is 32.6. The number of ketones is 1. The number of rotatable bonds is 16. The second-order valence-electron chi connectivity index (χ2n) is 16.0. The molecule has 13 heteroatoms. The predicted molar refractivity (Wildman–Crippen MR) is 199 cm³/mol. The highest BCUT2D eigenvalue weighted by atomic mass is 16.7. The number of oxime groups is 1. The summed E-state index contributed by atoms with van der Waals surface area (Å²) >= 11 is 0. The molecular formula is C40H59N5O8. The summed E-state index contributed by atoms with van der Waals surface area (Å²) in [6.45, 7) is 11.8. The zero-order valence-corrected chi connectivity index (χ0v) is 32.6. The number of nitrogens with one attached hydrogen (secondary N) is 3. The minimum atomic E-state index is -1.13. The highest BCUT2D eigenvalue weighted by Crippen LogP contribution is 2.40. The van der Waals surface area contributed by atoms with E-state index in [1.54, 1.807) is 13.8 Å². The van der Waals surface area contributed by atoms with Crippen LogP contribution in [-0.4, -0.2) is 95.7 Å². The van der Waals surface area contributed by atoms with Crippen LogP contribution in [0.5, 0.6) is 5.75 Å². The number of aryl methyl sites for hydroxylation is 2. The van der Waals surface area contributed by atoms with Crippen LogP contribution in [0.15, 0.2) is 17.3 Å². The molecule has 5 rings (SSSR count). The summed E-state index contributed by atoms with van der Waals surface area (Å²) in [6.07, 6.45) is 8.43. The molecule has 2 aliphatic heterocycles. The van der Waals surface area contributed by atoms with Crippen molar-refractivity contribution >= 4 is 35.1 Å². The average Bonchev–Trinajstić information content (AvgIpc) is 3.72. The molecule has 53 heavy (non-hydrogen) atoms. The van der Waals surface area contributed by atoms with Crippen molar-refractivity contribution in [1.29, 1.82) is 0 Å². The van der Waals surface area contributed by atoms with Crippen LogP contribution in [0.3, 0.4) is 0 Å². The van der Waals surface area contributed by atoms with Gasteiger partial charge in [-0.15, -0.1) is 0 Å². The van der Waals surface area contributed by atoms with E-state index >= 15 is 0 Å². The number of carbonyl (C=O) groups is 5. The molecule has 4 amide bonds. The van der Waals surface area contributed by atoms with Gasteiger partial charge in [0.15, 0.2) is 5.60 Å². The Morgan fingerprint density at radius 2 is 1.70 bits per heavy atom. The van der Waals surface area contributed by atoms with Crippen molar-refractivity contribution in [3.63, 3.8) is 0 Å². The molecule has 4 aliphatic rings. The molecule has 2 aliphatic carbocycles. The average molecular weight is 738 g/mol. The highest BCUT2D eigenvalue weighted by molar-refractivity contribution is 6.38. The van der Waals surface area contributed by atoms with Gasteiger partial charge < -0.3 is 35.2 Å². The number of hydrogen-bond acceptors (Lipinski definition) is 9. The van der Waals surface area contributed by atoms with Gasteiger partial charge in [-0.2, -0.15) is 0 Å². The third-order valence-corrected chi connectivity index (χ3v) is 11.2. The Morgan fingerprint density at radius 3 is 2.30 bits per heavy atom. The number of Topliss-reactive ketones (excluding diaryl/α,β-unsaturated/α-hetero) is 1. The van der Waals surface area contributed by atoms with Gasteiger partial charge in [-0.05, 0) is 95.9 Å². The van der Waals surface area contributed by atoms with Gasteiger partial charge in [-0.25, -0.2) is 0 Å². The van der Waals surface area contributed by atoms with Gasteiger partial charge in [0.1, 0.15) is 17.8 Å². The van der Waals surface area contributed by atoms with Crippen molar-refractivity contribution in [2.75, 3.05) is 20.3 Å². The largest absolute Gasteiger partial charge is 0.493 e. The number of likely N-dealkylation sites (tertiary alicyclic amines) is 1. The minimum absolute atomic E-state index is 0.00919. The third-order valence-electron chi connectivity index (χ3n) is 11.2. The van der Waals surface area contributed by atoms with Crippen LogP contribution in [0.2, 0.25) is 0 Å². The fourth-order valence-electron chi connectivity index (χ4n) is 7.93. The van der Waals surface area contributed by atoms with Gasteiger partial charge in [0.05, 0.1) is 30.5 Å². The molecule has 0 radical (unpaired) electrons. The maximum Gasteiger partial charge on any atom is 0.289 e. The van der Waals surface area contributed by atoms with Gasteiger partial charge in [-0.3, -0.25) is 24.0 Å². The lowest BCUT2D eigenvalue weighted by Crippen LogP contribution is -2.62. The number of benzene rings is 1. The normalized spacial score (nSPS) is 22.8. The first kappa shape index (κ1) is 40.2. The Labute approximate surface area is 313 Å². The van der Waals surface area contributed by atoms with Crippen LogP contribution in [0, 0.1) is 19.8 Å². The van der Waals surface area contributed by atoms with Crippen molar-refractivity contribution in [2.45, 2.75) is 154 Å². The second kappa shape index (κ2) is 17.0. The summed E-state index contributed by atoms with van der Waals surface area (Å²) in [6, 6.07) is 0.710. The second-order valence-corrected chi connectivity index (χ2v) is 16.0. The lowest BCUT2D eigenvalue weighted by Gasteiger charge is -2.37. The van der Waals surface area contributed by atoms with Crippen molar-refractivity contribution in [1.82, 2.24) is 20.9 Å². The van der Waals surface area contributed by atoms with E-state index in [9.17, 15) is 24.0 Å². The molecule has 4 atom stereocenters. The molecule has 3 N–H and O–H groups in total. The lowest BCUT2D eigenvalue weighted by atomic mass is 9.86. The fraction of sp³-hybridized carbons (Fsp3) is 0.700. The SMILES string of the molecule is CCC[C@H](NC(=O)[C@@H]1C[C@]2(CC(c3cc(C)c(OCC)c(C)c3)=NO2)CN1C(=O)[C@@H](NC(=O)CC1CCCCC1)C(C)(C)OC)C(=O)C(=O)NC1CC1. The molecule has 1 saturated heterocycles. The summed E-state index contributed by atoms with van der Waals surface area (Å²) in [5.74, 6) is -1.68. The van der Waals surface area contributed by atoms with E-state index in [1.165, 1.54) is 12.0 Å². The van der Waals surface area contributed by atoms with Crippen LogP contribution in [0.4, 0.5) is 0 Å². The van der Waals surface area contributed by atoms with E-state index < -0.39 is 52.8 Å². The first-order chi connectivity index (χ1) is 25.2. The molecule has 1 aromatic carbocycles. The topological polar surface area (TPSA) is 165 Å². The van der Waals surface area contributed by atoms with Crippen molar-refractivity contribution in [2.24, 2.45) is 11.1 Å². The zero-order chi connectivity index (χ0) is 38.5. The summed E-state index contributed by atoms with van der Waals surface area (Å²) in [5, 5.41) is 13.0. The number of amides is 4. The first-order valence-corrected chi connectivity index (χ1v) is 19.5. The van der Waals surface area contributed by atoms with Crippen molar-refractivity contribution in [3.05, 3.63) is 28.8 Å². The molecule has 292 valence electrons. The lowest BCUT2D eigenvalue weighted by molar-refractivity contribution is -0.149. The number of carbonyl (C=O) groups excluding carboxylic acids is 5. The minimum Gasteiger partial charge on any atom is -0.493 e. The van der Waals surface area contributed by atoms with Gasteiger partial charge in [-0.1, -0.05) is 37.8 Å². The first-order valence-electron chi connectivity index (χ1n) is 19.5. The molecule has 2 heterocycles. The van der Waals surface area contributed by atoms with Crippen LogP contribution in [0.25, 0.3) is 0 Å². The van der Waals surface area contributed by atoms with E-state index in [2.05, 4.69) is 21.1 Å². The van der Waals surface area contributed by atoms with E-state index in [-0.39, 0.29) is 37.3 Å². The van der Waals surface area contributed by atoms with Crippen LogP contribution in [0.1, 0.15) is 121 Å². The van der Waals surface area contributed by atoms with Gasteiger partial charge >= 0.3 is 0 Å². The third kappa shape index (κ3) is 9.57. The Hall–Kier alpha value is -4.00. The molecule has 13 nitrogen and oxygen atoms in total. The molecule has 0 bridgehead atoms. The molecule has 1 aromatic rings. The van der Waals surface area contributed by atoms with Crippen molar-refractivity contribution in [3.8, 4) is 5.75 Å². The maximum atomic E-state index is 14.8. The Kier molecular flexibility index (Phi) is 12.9. The molecule has 2 saturated carbocycles. The number of hydrogen-bond donors (Lipinski definition) is 3. The summed E-state index contributed by atoms with van der Waals surface area (Å²) < 4.78 is 11.6. The van der Waals surface area contributed by atoms with Crippen LogP contribution >= 0.6 is 0 Å². The molecule has 0 unspecified atom stereocenters. The Morgan fingerprint density at radius 1 is 1.02 bits per heavy atom. The maximum absolute atomic E-state index is 14.8. The van der Waals surface area contributed by atoms with Crippen LogP contribution < -0.4 is 20.7 Å². The quantitative estimate of drug-likeness (QED) is 0.213. The predicted octanol–water partition coefficient (Wildman–Crippen LogP) is 4.18. The molecular weight excluding hydrogens is 678 g/mol. The van der Waals surface area contributed by atoms with E-state index in [0.29, 0.717) is 31.6 Å². The summed E-state index contributed by atoms with van der Waals surface area (Å²) in [4.78, 5) is 76.2. The fourth-order valence-corrected chi connectivity index (χ4v) is 7.93. The summed E-state index contributed by atoms with van der Waals surface area (Å²) in [5.41, 5.74) is 1.27. The number of ether oxygens (including phenoxy) is 2.